The molecule has 1 unspecified atom stereocenters. The molecule has 6 rings (SSSR count). The largest absolute Gasteiger partial charge is 0.492 e. The highest BCUT2D eigenvalue weighted by atomic mass is 32.2. The first-order chi connectivity index (χ1) is 21.6. The maximum absolute atomic E-state index is 14.4. The first-order valence-electron chi connectivity index (χ1n) is 16.9. The molecule has 1 fully saturated rings. The average molecular weight is 633 g/mol. The van der Waals surface area contributed by atoms with Crippen molar-refractivity contribution < 1.29 is 9.53 Å². The number of ether oxygens (including phenoxy) is 1. The van der Waals surface area contributed by atoms with Gasteiger partial charge in [0.2, 0.25) is 0 Å². The highest BCUT2D eigenvalue weighted by Gasteiger charge is 2.36. The van der Waals surface area contributed by atoms with E-state index in [4.69, 9.17) is 4.74 Å². The molecule has 1 aromatic heterocycles. The number of likely N-dealkylation sites (N-methyl/N-ethyl adjacent to an activating group) is 1. The number of aromatic nitrogens is 1. The standard InChI is InChI=1S/C36H52N6O2S/c1-8-45-42-35(43)40(20-19-39(6)7)28-17-18-29-31(21-28)41-22-27(25(3)37-36(4,5)38-42)23-44-34-24(2)13-12-16-30(34)33(41)32(29)26-14-10-9-11-15-26/h12-13,16-18,21,25-27,37-38H,8-11,14-15,19-20,22-23H2,1-7H3/t25?,27-/m0/s1. The number of para-hydroxylation sites is 1. The van der Waals surface area contributed by atoms with Crippen molar-refractivity contribution in [2.24, 2.45) is 5.92 Å². The van der Waals surface area contributed by atoms with E-state index < -0.39 is 5.66 Å². The van der Waals surface area contributed by atoms with Gasteiger partial charge in [0, 0.05) is 54.0 Å². The molecular formula is C36H52N6O2S. The summed E-state index contributed by atoms with van der Waals surface area (Å²) >= 11 is 1.51. The number of benzene rings is 2. The van der Waals surface area contributed by atoms with Gasteiger partial charge in [-0.2, -0.15) is 4.41 Å². The normalized spacial score (nSPS) is 22.5. The first-order valence-corrected chi connectivity index (χ1v) is 17.9. The fourth-order valence-corrected chi connectivity index (χ4v) is 8.37. The molecule has 0 saturated heterocycles. The minimum atomic E-state index is -0.546. The maximum Gasteiger partial charge on any atom is 0.349 e. The summed E-state index contributed by atoms with van der Waals surface area (Å²) in [5, 5.41) is 5.18. The van der Waals surface area contributed by atoms with Gasteiger partial charge in [-0.05, 0) is 102 Å². The van der Waals surface area contributed by atoms with Crippen LogP contribution in [0.2, 0.25) is 0 Å². The van der Waals surface area contributed by atoms with E-state index in [0.29, 0.717) is 19.1 Å². The topological polar surface area (TPSA) is 65.0 Å². The van der Waals surface area contributed by atoms with Crippen molar-refractivity contribution in [2.75, 3.05) is 44.4 Å². The van der Waals surface area contributed by atoms with Crippen molar-refractivity contribution in [2.45, 2.75) is 90.9 Å². The molecule has 2 aliphatic heterocycles. The van der Waals surface area contributed by atoms with Crippen molar-refractivity contribution >= 4 is 34.6 Å². The van der Waals surface area contributed by atoms with E-state index in [9.17, 15) is 4.79 Å². The SMILES string of the molecule is CCSN1NC(C)(C)NC(C)[C@@H]2COc3c(C)cccc3-c3c(C4CCCCC4)c4ccc(cc4n3C2)N(CCN(C)C)C1=O. The molecule has 9 heteroatoms. The number of fused-ring (bicyclic) bond motifs is 4. The molecule has 4 bridgehead atoms. The minimum absolute atomic E-state index is 0.0548. The number of nitrogens with zero attached hydrogens (tertiary/aromatic N) is 4. The Morgan fingerprint density at radius 3 is 2.62 bits per heavy atom. The lowest BCUT2D eigenvalue weighted by molar-refractivity contribution is 0.136. The Morgan fingerprint density at radius 1 is 1.11 bits per heavy atom. The number of nitrogens with one attached hydrogen (secondary N) is 2. The zero-order chi connectivity index (χ0) is 31.9. The van der Waals surface area contributed by atoms with Crippen LogP contribution < -0.4 is 20.4 Å². The molecule has 45 heavy (non-hydrogen) atoms. The smallest absolute Gasteiger partial charge is 0.349 e. The number of amides is 2. The summed E-state index contributed by atoms with van der Waals surface area (Å²) in [6.45, 7) is 13.6. The average Bonchev–Trinajstić information content (AvgIpc) is 3.30. The summed E-state index contributed by atoms with van der Waals surface area (Å²) in [4.78, 5) is 18.5. The molecule has 3 aromatic rings. The third-order valence-corrected chi connectivity index (χ3v) is 10.6. The molecule has 3 heterocycles. The minimum Gasteiger partial charge on any atom is -0.492 e. The van der Waals surface area contributed by atoms with Gasteiger partial charge in [0.1, 0.15) is 5.75 Å². The van der Waals surface area contributed by atoms with E-state index in [1.54, 1.807) is 4.41 Å². The molecule has 244 valence electrons. The highest BCUT2D eigenvalue weighted by molar-refractivity contribution is 7.97. The molecule has 8 nitrogen and oxygen atoms in total. The monoisotopic (exact) mass is 632 g/mol. The number of hydrogen-bond acceptors (Lipinski definition) is 6. The molecule has 0 spiro atoms. The number of hydrogen-bond donors (Lipinski definition) is 2. The number of anilines is 1. The van der Waals surface area contributed by atoms with Gasteiger partial charge in [0.15, 0.2) is 0 Å². The van der Waals surface area contributed by atoms with Crippen molar-refractivity contribution in [3.05, 3.63) is 47.5 Å². The van der Waals surface area contributed by atoms with Crippen LogP contribution in [0.5, 0.6) is 5.75 Å². The fraction of sp³-hybridized carbons (Fsp3) is 0.583. The van der Waals surface area contributed by atoms with Crippen molar-refractivity contribution in [1.29, 1.82) is 0 Å². The highest BCUT2D eigenvalue weighted by Crippen LogP contribution is 2.48. The molecule has 2 atom stereocenters. The Labute approximate surface area is 273 Å². The summed E-state index contributed by atoms with van der Waals surface area (Å²) in [6, 6.07) is 13.5. The molecule has 2 N–H and O–H groups in total. The zero-order valence-corrected chi connectivity index (χ0v) is 29.1. The molecule has 3 aliphatic rings. The third kappa shape index (κ3) is 6.46. The number of urea groups is 1. The first kappa shape index (κ1) is 32.2. The lowest BCUT2D eigenvalue weighted by Gasteiger charge is -2.40. The Morgan fingerprint density at radius 2 is 1.89 bits per heavy atom. The summed E-state index contributed by atoms with van der Waals surface area (Å²) < 4.78 is 11.1. The predicted molar refractivity (Wildman–Crippen MR) is 188 cm³/mol. The van der Waals surface area contributed by atoms with Gasteiger partial charge in [-0.25, -0.2) is 10.2 Å². The summed E-state index contributed by atoms with van der Waals surface area (Å²) in [5.74, 6) is 2.49. The van der Waals surface area contributed by atoms with E-state index >= 15 is 0 Å². The molecule has 1 aliphatic carbocycles. The lowest BCUT2D eigenvalue weighted by atomic mass is 9.81. The van der Waals surface area contributed by atoms with Gasteiger partial charge < -0.3 is 14.2 Å². The predicted octanol–water partition coefficient (Wildman–Crippen LogP) is 7.36. The Bertz CT molecular complexity index is 1530. The second-order valence-corrected chi connectivity index (χ2v) is 15.3. The molecule has 1 saturated carbocycles. The quantitative estimate of drug-likeness (QED) is 0.277. The van der Waals surface area contributed by atoms with Gasteiger partial charge in [-0.15, -0.1) is 0 Å². The molecular weight excluding hydrogens is 581 g/mol. The maximum atomic E-state index is 14.4. The van der Waals surface area contributed by atoms with Crippen LogP contribution in [-0.4, -0.2) is 71.2 Å². The van der Waals surface area contributed by atoms with Gasteiger partial charge in [-0.3, -0.25) is 10.2 Å². The van der Waals surface area contributed by atoms with E-state index in [1.165, 1.54) is 77.3 Å². The van der Waals surface area contributed by atoms with Crippen LogP contribution >= 0.6 is 11.9 Å². The Hall–Kier alpha value is -2.72. The summed E-state index contributed by atoms with van der Waals surface area (Å²) in [5.41, 5.74) is 10.3. The fourth-order valence-electron chi connectivity index (χ4n) is 7.61. The Kier molecular flexibility index (Phi) is 9.44. The van der Waals surface area contributed by atoms with Crippen molar-refractivity contribution in [3.8, 4) is 17.0 Å². The third-order valence-electron chi connectivity index (χ3n) is 9.85. The van der Waals surface area contributed by atoms with Crippen LogP contribution in [-0.2, 0) is 6.54 Å². The number of aryl methyl sites for hydroxylation is 1. The van der Waals surface area contributed by atoms with Gasteiger partial charge in [0.05, 0.1) is 23.5 Å². The summed E-state index contributed by atoms with van der Waals surface area (Å²) in [6.07, 6.45) is 6.30. The van der Waals surface area contributed by atoms with Crippen LogP contribution in [0, 0.1) is 12.8 Å². The number of carbonyl (C=O) groups is 1. The number of carbonyl (C=O) groups excluding carboxylic acids is 1. The molecule has 0 radical (unpaired) electrons. The van der Waals surface area contributed by atoms with E-state index in [-0.39, 0.29) is 18.0 Å². The van der Waals surface area contributed by atoms with E-state index in [2.05, 4.69) is 105 Å². The second kappa shape index (κ2) is 13.2. The Balaban J connectivity index is 1.64. The molecule has 2 aromatic carbocycles. The van der Waals surface area contributed by atoms with Gasteiger partial charge in [0.25, 0.3) is 0 Å². The second-order valence-electron chi connectivity index (χ2n) is 14.1. The van der Waals surface area contributed by atoms with Crippen molar-refractivity contribution in [1.82, 2.24) is 24.6 Å². The van der Waals surface area contributed by atoms with Gasteiger partial charge in [-0.1, -0.05) is 44.4 Å². The number of rotatable bonds is 6. The number of hydrazine groups is 1. The van der Waals surface area contributed by atoms with Crippen LogP contribution in [0.3, 0.4) is 0 Å². The van der Waals surface area contributed by atoms with Crippen molar-refractivity contribution in [3.63, 3.8) is 0 Å². The van der Waals surface area contributed by atoms with Crippen LogP contribution in [0.4, 0.5) is 10.5 Å². The summed E-state index contributed by atoms with van der Waals surface area (Å²) in [7, 11) is 4.13. The van der Waals surface area contributed by atoms with Crippen LogP contribution in [0.15, 0.2) is 36.4 Å². The molecule has 2 amide bonds. The lowest BCUT2D eigenvalue weighted by Crippen LogP contribution is -2.63. The van der Waals surface area contributed by atoms with Crippen LogP contribution in [0.25, 0.3) is 22.2 Å². The van der Waals surface area contributed by atoms with Crippen LogP contribution in [0.1, 0.15) is 76.8 Å². The van der Waals surface area contributed by atoms with E-state index in [1.807, 2.05) is 4.90 Å². The van der Waals surface area contributed by atoms with Gasteiger partial charge >= 0.3 is 6.03 Å². The zero-order valence-electron chi connectivity index (χ0n) is 28.3. The van der Waals surface area contributed by atoms with E-state index in [0.717, 1.165) is 30.3 Å².